The van der Waals surface area contributed by atoms with Gasteiger partial charge in [-0.15, -0.1) is 11.3 Å². The lowest BCUT2D eigenvalue weighted by molar-refractivity contribution is 0.102. The van der Waals surface area contributed by atoms with Crippen molar-refractivity contribution in [1.29, 1.82) is 0 Å². The van der Waals surface area contributed by atoms with Crippen LogP contribution in [0.25, 0.3) is 11.3 Å². The maximum absolute atomic E-state index is 12.5. The first-order valence-electron chi connectivity index (χ1n) is 9.33. The zero-order valence-corrected chi connectivity index (χ0v) is 17.1. The van der Waals surface area contributed by atoms with Gasteiger partial charge in [0.1, 0.15) is 11.5 Å². The Morgan fingerprint density at radius 2 is 1.71 bits per heavy atom. The summed E-state index contributed by atoms with van der Waals surface area (Å²) in [6, 6.07) is 14.9. The van der Waals surface area contributed by atoms with Crippen LogP contribution in [0.15, 0.2) is 48.5 Å². The van der Waals surface area contributed by atoms with Crippen molar-refractivity contribution in [3.05, 3.63) is 59.0 Å². The quantitative estimate of drug-likeness (QED) is 0.552. The Morgan fingerprint density at radius 1 is 1.04 bits per heavy atom. The number of anilines is 1. The lowest BCUT2D eigenvalue weighted by Crippen LogP contribution is -2.11. The van der Waals surface area contributed by atoms with Crippen LogP contribution in [0.4, 0.5) is 5.13 Å². The SMILES string of the molecule is CCCc1sc(NC(=O)c2ccc(OC)cc2)nc1-c1ccc(OCC)cc1. The lowest BCUT2D eigenvalue weighted by atomic mass is 10.1. The predicted octanol–water partition coefficient (Wildman–Crippen LogP) is 5.42. The molecular formula is C22H24N2O3S. The van der Waals surface area contributed by atoms with E-state index in [-0.39, 0.29) is 5.91 Å². The van der Waals surface area contributed by atoms with Crippen molar-refractivity contribution >= 4 is 22.4 Å². The number of aryl methyl sites for hydroxylation is 1. The van der Waals surface area contributed by atoms with Crippen molar-refractivity contribution in [3.63, 3.8) is 0 Å². The Balaban J connectivity index is 1.82. The van der Waals surface area contributed by atoms with Crippen LogP contribution in [0.2, 0.25) is 0 Å². The van der Waals surface area contributed by atoms with Gasteiger partial charge in [-0.05, 0) is 61.9 Å². The predicted molar refractivity (Wildman–Crippen MR) is 114 cm³/mol. The van der Waals surface area contributed by atoms with Crippen LogP contribution >= 0.6 is 11.3 Å². The second kappa shape index (κ2) is 9.37. The molecule has 0 saturated carbocycles. The molecule has 3 rings (SSSR count). The van der Waals surface area contributed by atoms with Gasteiger partial charge < -0.3 is 9.47 Å². The van der Waals surface area contributed by atoms with Gasteiger partial charge >= 0.3 is 0 Å². The summed E-state index contributed by atoms with van der Waals surface area (Å²) in [5.41, 5.74) is 2.50. The minimum Gasteiger partial charge on any atom is -0.497 e. The standard InChI is InChI=1S/C22H24N2O3S/c1-4-6-19-20(15-7-13-18(14-8-15)27-5-2)23-22(28-19)24-21(25)16-9-11-17(26-3)12-10-16/h7-14H,4-6H2,1-3H3,(H,23,24,25). The first-order valence-corrected chi connectivity index (χ1v) is 10.1. The molecule has 0 aliphatic carbocycles. The average molecular weight is 397 g/mol. The fourth-order valence-electron chi connectivity index (χ4n) is 2.81. The minimum absolute atomic E-state index is 0.183. The number of thiazole rings is 1. The number of aromatic nitrogens is 1. The smallest absolute Gasteiger partial charge is 0.257 e. The highest BCUT2D eigenvalue weighted by atomic mass is 32.1. The number of carbonyl (C=O) groups is 1. The summed E-state index contributed by atoms with van der Waals surface area (Å²) < 4.78 is 10.6. The maximum Gasteiger partial charge on any atom is 0.257 e. The second-order valence-electron chi connectivity index (χ2n) is 6.18. The molecule has 1 aromatic heterocycles. The number of carbonyl (C=O) groups excluding carboxylic acids is 1. The zero-order chi connectivity index (χ0) is 19.9. The number of nitrogens with zero attached hydrogens (tertiary/aromatic N) is 1. The molecule has 0 spiro atoms. The van der Waals surface area contributed by atoms with Gasteiger partial charge in [0.25, 0.3) is 5.91 Å². The van der Waals surface area contributed by atoms with Crippen molar-refractivity contribution in [2.75, 3.05) is 19.0 Å². The monoisotopic (exact) mass is 396 g/mol. The number of hydrogen-bond donors (Lipinski definition) is 1. The van der Waals surface area contributed by atoms with E-state index in [1.165, 1.54) is 11.3 Å². The van der Waals surface area contributed by atoms with Gasteiger partial charge in [0.15, 0.2) is 5.13 Å². The van der Waals surface area contributed by atoms with Crippen LogP contribution in [0, 0.1) is 0 Å². The van der Waals surface area contributed by atoms with Gasteiger partial charge in [-0.1, -0.05) is 13.3 Å². The first-order chi connectivity index (χ1) is 13.6. The molecular weight excluding hydrogens is 372 g/mol. The van der Waals surface area contributed by atoms with E-state index in [4.69, 9.17) is 14.5 Å². The van der Waals surface area contributed by atoms with Crippen molar-refractivity contribution in [1.82, 2.24) is 4.98 Å². The van der Waals surface area contributed by atoms with Crippen molar-refractivity contribution in [3.8, 4) is 22.8 Å². The molecule has 1 N–H and O–H groups in total. The summed E-state index contributed by atoms with van der Waals surface area (Å²) in [4.78, 5) is 18.4. The molecule has 1 heterocycles. The number of rotatable bonds is 8. The summed E-state index contributed by atoms with van der Waals surface area (Å²) in [7, 11) is 1.60. The van der Waals surface area contributed by atoms with E-state index in [1.54, 1.807) is 31.4 Å². The molecule has 2 aromatic carbocycles. The Morgan fingerprint density at radius 3 is 2.32 bits per heavy atom. The molecule has 5 nitrogen and oxygen atoms in total. The van der Waals surface area contributed by atoms with Crippen molar-refractivity contribution in [2.24, 2.45) is 0 Å². The summed E-state index contributed by atoms with van der Waals surface area (Å²) in [6.07, 6.45) is 1.93. The lowest BCUT2D eigenvalue weighted by Gasteiger charge is -2.05. The van der Waals surface area contributed by atoms with Crippen molar-refractivity contribution < 1.29 is 14.3 Å². The van der Waals surface area contributed by atoms with Gasteiger partial charge in [0.2, 0.25) is 0 Å². The van der Waals surface area contributed by atoms with E-state index in [9.17, 15) is 4.79 Å². The first kappa shape index (κ1) is 19.9. The zero-order valence-electron chi connectivity index (χ0n) is 16.3. The molecule has 1 amide bonds. The third-order valence-corrected chi connectivity index (χ3v) is 5.22. The highest BCUT2D eigenvalue weighted by molar-refractivity contribution is 7.16. The largest absolute Gasteiger partial charge is 0.497 e. The molecule has 28 heavy (non-hydrogen) atoms. The van der Waals surface area contributed by atoms with E-state index < -0.39 is 0 Å². The fourth-order valence-corrected chi connectivity index (χ4v) is 3.90. The van der Waals surface area contributed by atoms with Gasteiger partial charge in [-0.25, -0.2) is 4.98 Å². The molecule has 0 unspecified atom stereocenters. The molecule has 6 heteroatoms. The second-order valence-corrected chi connectivity index (χ2v) is 7.26. The summed E-state index contributed by atoms with van der Waals surface area (Å²) >= 11 is 1.53. The Hall–Kier alpha value is -2.86. The topological polar surface area (TPSA) is 60.5 Å². The van der Waals surface area contributed by atoms with Crippen LogP contribution in [0.1, 0.15) is 35.5 Å². The maximum atomic E-state index is 12.5. The molecule has 146 valence electrons. The average Bonchev–Trinajstić information content (AvgIpc) is 3.11. The van der Waals surface area contributed by atoms with Gasteiger partial charge in [0.05, 0.1) is 19.4 Å². The summed E-state index contributed by atoms with van der Waals surface area (Å²) in [5, 5.41) is 3.52. The normalized spacial score (nSPS) is 10.5. The van der Waals surface area contributed by atoms with Gasteiger partial charge in [-0.2, -0.15) is 0 Å². The third kappa shape index (κ3) is 4.70. The van der Waals surface area contributed by atoms with Gasteiger partial charge in [-0.3, -0.25) is 10.1 Å². The van der Waals surface area contributed by atoms with E-state index in [0.717, 1.165) is 34.7 Å². The van der Waals surface area contributed by atoms with E-state index in [1.807, 2.05) is 31.2 Å². The highest BCUT2D eigenvalue weighted by Gasteiger charge is 2.15. The molecule has 0 radical (unpaired) electrons. The Bertz CT molecular complexity index is 918. The summed E-state index contributed by atoms with van der Waals surface area (Å²) in [5.74, 6) is 1.37. The number of nitrogens with one attached hydrogen (secondary N) is 1. The van der Waals surface area contributed by atoms with Crippen LogP contribution in [0.5, 0.6) is 11.5 Å². The van der Waals surface area contributed by atoms with Crippen LogP contribution in [-0.2, 0) is 6.42 Å². The minimum atomic E-state index is -0.183. The number of methoxy groups -OCH3 is 1. The third-order valence-electron chi connectivity index (χ3n) is 4.19. The van der Waals surface area contributed by atoms with Crippen LogP contribution < -0.4 is 14.8 Å². The fraction of sp³-hybridized carbons (Fsp3) is 0.273. The highest BCUT2D eigenvalue weighted by Crippen LogP contribution is 2.33. The van der Waals surface area contributed by atoms with Crippen LogP contribution in [-0.4, -0.2) is 24.6 Å². The van der Waals surface area contributed by atoms with Gasteiger partial charge in [0, 0.05) is 16.0 Å². The van der Waals surface area contributed by atoms with E-state index in [0.29, 0.717) is 23.1 Å². The molecule has 0 bridgehead atoms. The number of amides is 1. The number of benzene rings is 2. The van der Waals surface area contributed by atoms with Crippen LogP contribution in [0.3, 0.4) is 0 Å². The molecule has 0 atom stereocenters. The molecule has 0 saturated heterocycles. The number of ether oxygens (including phenoxy) is 2. The summed E-state index contributed by atoms with van der Waals surface area (Å²) in [6.45, 7) is 4.74. The Labute approximate surface area is 169 Å². The molecule has 0 aliphatic rings. The number of hydrogen-bond acceptors (Lipinski definition) is 5. The van der Waals surface area contributed by atoms with E-state index in [2.05, 4.69) is 12.2 Å². The van der Waals surface area contributed by atoms with E-state index >= 15 is 0 Å². The molecule has 0 fully saturated rings. The molecule has 0 aliphatic heterocycles. The van der Waals surface area contributed by atoms with Crippen molar-refractivity contribution in [2.45, 2.75) is 26.7 Å². The molecule has 3 aromatic rings. The Kier molecular flexibility index (Phi) is 6.66.